The van der Waals surface area contributed by atoms with Gasteiger partial charge in [-0.25, -0.2) is 0 Å². The molecule has 0 fully saturated rings. The Kier molecular flexibility index (Phi) is 5.42. The third-order valence-electron chi connectivity index (χ3n) is 2.63. The number of nitrogens with zero attached hydrogens (tertiary/aromatic N) is 1. The maximum absolute atomic E-state index is 11.7. The lowest BCUT2D eigenvalue weighted by Gasteiger charge is -2.05. The molecule has 3 nitrogen and oxygen atoms in total. The van der Waals surface area contributed by atoms with E-state index in [1.54, 1.807) is 12.1 Å². The van der Waals surface area contributed by atoms with Crippen LogP contribution in [0.5, 0.6) is 0 Å². The lowest BCUT2D eigenvalue weighted by molar-refractivity contribution is -0.110. The molecule has 108 valence electrons. The van der Waals surface area contributed by atoms with Gasteiger partial charge in [0.05, 0.1) is 5.69 Å². The van der Waals surface area contributed by atoms with E-state index >= 15 is 0 Å². The van der Waals surface area contributed by atoms with Crippen LogP contribution in [-0.4, -0.2) is 10.8 Å². The average molecular weight is 319 g/mol. The summed E-state index contributed by atoms with van der Waals surface area (Å²) in [5.74, 6) is -0.0879. The number of hydrazone groups is 1. The van der Waals surface area contributed by atoms with Crippen molar-refractivity contribution in [1.82, 2.24) is 0 Å². The first-order valence-electron chi connectivity index (χ1n) is 6.39. The van der Waals surface area contributed by atoms with Gasteiger partial charge in [0.1, 0.15) is 0 Å². The first-order chi connectivity index (χ1) is 10.0. The van der Waals surface area contributed by atoms with Crippen LogP contribution in [0.4, 0.5) is 5.69 Å². The van der Waals surface area contributed by atoms with Crippen LogP contribution in [0.2, 0.25) is 5.02 Å². The molecular weight excluding hydrogens is 304 g/mol. The summed E-state index contributed by atoms with van der Waals surface area (Å²) in [4.78, 5) is 12.6. The summed E-state index contributed by atoms with van der Waals surface area (Å²) >= 11 is 7.16. The second-order valence-corrected chi connectivity index (χ2v) is 6.01. The van der Waals surface area contributed by atoms with E-state index in [0.29, 0.717) is 10.1 Å². The number of hydrogen-bond acceptors (Lipinski definition) is 4. The summed E-state index contributed by atoms with van der Waals surface area (Å²) in [5, 5.41) is 5.27. The first-order valence-corrected chi connectivity index (χ1v) is 7.59. The second-order valence-electron chi connectivity index (χ2n) is 4.51. The molecule has 2 aromatic carbocycles. The smallest absolute Gasteiger partial charge is 0.186 e. The van der Waals surface area contributed by atoms with Crippen molar-refractivity contribution in [2.45, 2.75) is 18.7 Å². The maximum Gasteiger partial charge on any atom is 0.186 e. The Morgan fingerprint density at radius 1 is 1.19 bits per heavy atom. The number of Topliss-reactive ketones (excluding diaryl/α,β-unsaturated/α-hetero) is 1. The van der Waals surface area contributed by atoms with E-state index in [1.807, 2.05) is 43.3 Å². The van der Waals surface area contributed by atoms with Gasteiger partial charge in [-0.05, 0) is 48.9 Å². The molecule has 0 unspecified atom stereocenters. The van der Waals surface area contributed by atoms with Gasteiger partial charge in [0.25, 0.3) is 0 Å². The predicted octanol–water partition coefficient (Wildman–Crippen LogP) is 4.76. The zero-order valence-corrected chi connectivity index (χ0v) is 13.3. The SMILES string of the molecule is CC(=O)/C(=N\Nc1cccc(C)c1)Sc1ccc(Cl)cc1. The number of ketones is 1. The molecule has 21 heavy (non-hydrogen) atoms. The number of anilines is 1. The van der Waals surface area contributed by atoms with Crippen molar-refractivity contribution in [2.24, 2.45) is 5.10 Å². The molecule has 5 heteroatoms. The van der Waals surface area contributed by atoms with E-state index in [9.17, 15) is 4.79 Å². The Bertz CT molecular complexity index is 668. The van der Waals surface area contributed by atoms with Crippen molar-refractivity contribution in [1.29, 1.82) is 0 Å². The average Bonchev–Trinajstić information content (AvgIpc) is 2.45. The van der Waals surface area contributed by atoms with Gasteiger partial charge in [-0.3, -0.25) is 10.2 Å². The molecule has 0 spiro atoms. The highest BCUT2D eigenvalue weighted by Crippen LogP contribution is 2.22. The molecule has 0 heterocycles. The van der Waals surface area contributed by atoms with Gasteiger partial charge in [0, 0.05) is 16.8 Å². The summed E-state index contributed by atoms with van der Waals surface area (Å²) in [7, 11) is 0. The number of carbonyl (C=O) groups excluding carboxylic acids is 1. The molecule has 2 aromatic rings. The van der Waals surface area contributed by atoms with Crippen LogP contribution < -0.4 is 5.43 Å². The van der Waals surface area contributed by atoms with Gasteiger partial charge < -0.3 is 0 Å². The van der Waals surface area contributed by atoms with E-state index in [0.717, 1.165) is 16.1 Å². The molecule has 0 atom stereocenters. The molecule has 0 aromatic heterocycles. The Morgan fingerprint density at radius 2 is 1.90 bits per heavy atom. The normalized spacial score (nSPS) is 11.3. The lowest BCUT2D eigenvalue weighted by Crippen LogP contribution is -2.08. The molecular formula is C16H15ClN2OS. The molecule has 2 rings (SSSR count). The summed E-state index contributed by atoms with van der Waals surface area (Å²) in [6, 6.07) is 15.1. The van der Waals surface area contributed by atoms with Gasteiger partial charge in [-0.15, -0.1) is 0 Å². The van der Waals surface area contributed by atoms with E-state index in [-0.39, 0.29) is 5.78 Å². The van der Waals surface area contributed by atoms with Crippen molar-refractivity contribution in [3.8, 4) is 0 Å². The van der Waals surface area contributed by atoms with Gasteiger partial charge in [0.15, 0.2) is 10.8 Å². The Morgan fingerprint density at radius 3 is 2.52 bits per heavy atom. The minimum atomic E-state index is -0.0879. The minimum Gasteiger partial charge on any atom is -0.292 e. The largest absolute Gasteiger partial charge is 0.292 e. The fraction of sp³-hybridized carbons (Fsp3) is 0.125. The molecule has 0 radical (unpaired) electrons. The monoisotopic (exact) mass is 318 g/mol. The Labute approximate surface area is 133 Å². The van der Waals surface area contributed by atoms with Gasteiger partial charge in [-0.2, -0.15) is 5.10 Å². The minimum absolute atomic E-state index is 0.0879. The zero-order valence-electron chi connectivity index (χ0n) is 11.8. The highest BCUT2D eigenvalue weighted by molar-refractivity contribution is 8.15. The fourth-order valence-electron chi connectivity index (χ4n) is 1.62. The highest BCUT2D eigenvalue weighted by atomic mass is 35.5. The van der Waals surface area contributed by atoms with Gasteiger partial charge in [-0.1, -0.05) is 35.5 Å². The molecule has 0 aliphatic heterocycles. The van der Waals surface area contributed by atoms with E-state index in [4.69, 9.17) is 11.6 Å². The van der Waals surface area contributed by atoms with E-state index in [1.165, 1.54) is 18.7 Å². The van der Waals surface area contributed by atoms with Crippen LogP contribution in [0.25, 0.3) is 0 Å². The van der Waals surface area contributed by atoms with E-state index in [2.05, 4.69) is 10.5 Å². The van der Waals surface area contributed by atoms with Gasteiger partial charge in [0.2, 0.25) is 0 Å². The van der Waals surface area contributed by atoms with Crippen LogP contribution in [0.3, 0.4) is 0 Å². The molecule has 0 saturated heterocycles. The standard InChI is InChI=1S/C16H15ClN2OS/c1-11-4-3-5-14(10-11)18-19-16(12(2)20)21-15-8-6-13(17)7-9-15/h3-10,18H,1-2H3/b19-16+. The molecule has 0 bridgehead atoms. The van der Waals surface area contributed by atoms with Crippen molar-refractivity contribution >= 4 is 39.9 Å². The summed E-state index contributed by atoms with van der Waals surface area (Å²) < 4.78 is 0. The van der Waals surface area contributed by atoms with Crippen molar-refractivity contribution < 1.29 is 4.79 Å². The predicted molar refractivity (Wildman–Crippen MR) is 90.2 cm³/mol. The van der Waals surface area contributed by atoms with Crippen LogP contribution in [0.15, 0.2) is 58.5 Å². The highest BCUT2D eigenvalue weighted by Gasteiger charge is 2.08. The number of halogens is 1. The quantitative estimate of drug-likeness (QED) is 0.382. The zero-order chi connectivity index (χ0) is 15.2. The number of carbonyl (C=O) groups is 1. The summed E-state index contributed by atoms with van der Waals surface area (Å²) in [6.07, 6.45) is 0. The number of thioether (sulfide) groups is 1. The third kappa shape index (κ3) is 4.92. The number of aryl methyl sites for hydroxylation is 1. The molecule has 0 aliphatic rings. The summed E-state index contributed by atoms with van der Waals surface area (Å²) in [6.45, 7) is 3.50. The number of rotatable bonds is 4. The topological polar surface area (TPSA) is 41.5 Å². The maximum atomic E-state index is 11.7. The van der Waals surface area contributed by atoms with Crippen LogP contribution >= 0.6 is 23.4 Å². The van der Waals surface area contributed by atoms with Gasteiger partial charge >= 0.3 is 0 Å². The molecule has 1 N–H and O–H groups in total. The second kappa shape index (κ2) is 7.29. The van der Waals surface area contributed by atoms with Crippen LogP contribution in [0.1, 0.15) is 12.5 Å². The summed E-state index contributed by atoms with van der Waals surface area (Å²) in [5.41, 5.74) is 4.90. The van der Waals surface area contributed by atoms with Crippen LogP contribution in [-0.2, 0) is 4.79 Å². The van der Waals surface area contributed by atoms with Crippen molar-refractivity contribution in [3.63, 3.8) is 0 Å². The van der Waals surface area contributed by atoms with Crippen LogP contribution in [0, 0.1) is 6.92 Å². The third-order valence-corrected chi connectivity index (χ3v) is 3.97. The molecule has 0 saturated carbocycles. The fourth-order valence-corrected chi connectivity index (χ4v) is 2.47. The number of benzene rings is 2. The van der Waals surface area contributed by atoms with E-state index < -0.39 is 0 Å². The Hall–Kier alpha value is -1.78. The first kappa shape index (κ1) is 15.6. The lowest BCUT2D eigenvalue weighted by atomic mass is 10.2. The Balaban J connectivity index is 2.13. The van der Waals surface area contributed by atoms with Crippen molar-refractivity contribution in [2.75, 3.05) is 5.43 Å². The van der Waals surface area contributed by atoms with Crippen molar-refractivity contribution in [3.05, 3.63) is 59.1 Å². The number of nitrogens with one attached hydrogen (secondary N) is 1. The molecule has 0 aliphatic carbocycles. The number of hydrogen-bond donors (Lipinski definition) is 1. The molecule has 0 amide bonds.